The van der Waals surface area contributed by atoms with Gasteiger partial charge in [0.15, 0.2) is 0 Å². The van der Waals surface area contributed by atoms with Gasteiger partial charge in [0.2, 0.25) is 0 Å². The zero-order valence-electron chi connectivity index (χ0n) is 20.0. The van der Waals surface area contributed by atoms with Crippen molar-refractivity contribution in [3.8, 4) is 5.75 Å². The Bertz CT molecular complexity index is 839. The van der Waals surface area contributed by atoms with Crippen LogP contribution in [0.1, 0.15) is 64.5 Å². The maximum Gasteiger partial charge on any atom is 0.141 e. The standard InChI is InChI=1S/C25H38N4O2S/c1-5-26-20(3)18-21(4)29-16-15-28(32(29)30)14-8-7-9-17-31-23-11-12-24-22(19-23)10-13-25(24)27-6-2/h5,11-12,18-19,21H,6-10,13-17H2,1-4H3/b20-18-,26-5-,27-25+. The summed E-state index contributed by atoms with van der Waals surface area (Å²) in [6, 6.07) is 6.53. The highest BCUT2D eigenvalue weighted by Gasteiger charge is 2.38. The quantitative estimate of drug-likeness (QED) is 0.277. The van der Waals surface area contributed by atoms with Gasteiger partial charge in [0, 0.05) is 30.7 Å². The first-order valence-electron chi connectivity index (χ1n) is 11.9. The van der Waals surface area contributed by atoms with Crippen molar-refractivity contribution in [1.29, 1.82) is 0 Å². The van der Waals surface area contributed by atoms with Gasteiger partial charge in [-0.2, -0.15) is 0 Å². The second-order valence-electron chi connectivity index (χ2n) is 8.39. The molecule has 3 rings (SSSR count). The number of fused-ring (bicyclic) bond motifs is 1. The van der Waals surface area contributed by atoms with Crippen molar-refractivity contribution in [3.63, 3.8) is 0 Å². The highest BCUT2D eigenvalue weighted by Crippen LogP contribution is 2.27. The van der Waals surface area contributed by atoms with Gasteiger partial charge >= 0.3 is 0 Å². The highest BCUT2D eigenvalue weighted by molar-refractivity contribution is 7.87. The lowest BCUT2D eigenvalue weighted by Gasteiger charge is -2.23. The summed E-state index contributed by atoms with van der Waals surface area (Å²) in [6.07, 6.45) is 9.10. The monoisotopic (exact) mass is 458 g/mol. The van der Waals surface area contributed by atoms with Gasteiger partial charge in [-0.25, -0.2) is 0 Å². The number of hydrogen-bond acceptors (Lipinski definition) is 6. The summed E-state index contributed by atoms with van der Waals surface area (Å²) in [5, 5.41) is 0. The van der Waals surface area contributed by atoms with Gasteiger partial charge in [-0.15, -0.1) is 8.61 Å². The minimum Gasteiger partial charge on any atom is -0.578 e. The largest absolute Gasteiger partial charge is 0.578 e. The summed E-state index contributed by atoms with van der Waals surface area (Å²) in [5.41, 5.74) is 4.86. The fraction of sp³-hybridized carbons (Fsp3) is 0.600. The molecular formula is C25H38N4O2S. The minimum absolute atomic E-state index is 0.120. The number of ether oxygens (including phenoxy) is 1. The first kappa shape index (κ1) is 25.0. The van der Waals surface area contributed by atoms with Crippen molar-refractivity contribution >= 4 is 23.5 Å². The first-order chi connectivity index (χ1) is 15.5. The van der Waals surface area contributed by atoms with Gasteiger partial charge in [-0.05, 0) is 95.2 Å². The minimum atomic E-state index is -1.06. The van der Waals surface area contributed by atoms with Crippen LogP contribution in [0.15, 0.2) is 40.0 Å². The van der Waals surface area contributed by atoms with Crippen molar-refractivity contribution in [2.24, 2.45) is 9.98 Å². The molecule has 2 aliphatic rings. The van der Waals surface area contributed by atoms with E-state index >= 15 is 0 Å². The molecule has 1 saturated heterocycles. The van der Waals surface area contributed by atoms with E-state index in [4.69, 9.17) is 4.74 Å². The maximum absolute atomic E-state index is 12.8. The molecule has 1 heterocycles. The number of allylic oxidation sites excluding steroid dienone is 1. The average molecular weight is 459 g/mol. The third-order valence-corrected chi connectivity index (χ3v) is 7.67. The molecule has 0 saturated carbocycles. The predicted molar refractivity (Wildman–Crippen MR) is 135 cm³/mol. The van der Waals surface area contributed by atoms with Gasteiger partial charge in [-0.3, -0.25) is 9.98 Å². The molecule has 2 unspecified atom stereocenters. The van der Waals surface area contributed by atoms with Crippen LogP contribution >= 0.6 is 0 Å². The van der Waals surface area contributed by atoms with Crippen LogP contribution in [0.25, 0.3) is 0 Å². The second-order valence-corrected chi connectivity index (χ2v) is 9.83. The van der Waals surface area contributed by atoms with E-state index in [1.165, 1.54) is 16.8 Å². The lowest BCUT2D eigenvalue weighted by atomic mass is 10.1. The summed E-state index contributed by atoms with van der Waals surface area (Å²) in [5.74, 6) is 0.961. The van der Waals surface area contributed by atoms with Crippen LogP contribution in [-0.2, 0) is 18.0 Å². The van der Waals surface area contributed by atoms with Crippen LogP contribution in [0.2, 0.25) is 0 Å². The number of aryl methyl sites for hydroxylation is 1. The zero-order chi connectivity index (χ0) is 22.9. The van der Waals surface area contributed by atoms with Crippen LogP contribution in [0, 0.1) is 0 Å². The number of aliphatic imine (C=N–C) groups is 2. The summed E-state index contributed by atoms with van der Waals surface area (Å²) in [6.45, 7) is 12.2. The Morgan fingerprint density at radius 3 is 2.88 bits per heavy atom. The Morgan fingerprint density at radius 1 is 1.25 bits per heavy atom. The normalized spacial score (nSPS) is 22.2. The lowest BCUT2D eigenvalue weighted by molar-refractivity contribution is 0.302. The smallest absolute Gasteiger partial charge is 0.141 e. The van der Waals surface area contributed by atoms with E-state index in [1.54, 1.807) is 6.21 Å². The van der Waals surface area contributed by atoms with Crippen molar-refractivity contribution in [3.05, 3.63) is 41.1 Å². The molecular weight excluding hydrogens is 420 g/mol. The van der Waals surface area contributed by atoms with E-state index in [-0.39, 0.29) is 6.04 Å². The van der Waals surface area contributed by atoms with Crippen molar-refractivity contribution in [1.82, 2.24) is 8.61 Å². The molecule has 1 aliphatic heterocycles. The second kappa shape index (κ2) is 12.5. The molecule has 7 heteroatoms. The molecule has 2 atom stereocenters. The summed E-state index contributed by atoms with van der Waals surface area (Å²) in [4.78, 5) is 8.89. The fourth-order valence-corrected chi connectivity index (χ4v) is 5.78. The Morgan fingerprint density at radius 2 is 2.09 bits per heavy atom. The van der Waals surface area contributed by atoms with E-state index in [1.807, 2.05) is 18.2 Å². The molecule has 1 aromatic rings. The topological polar surface area (TPSA) is 63.5 Å². The molecule has 0 spiro atoms. The SMILES string of the molecule is C/C=N\C(C)=C/C(C)N1CCN(CCCCCOc2ccc3c(c2)CC/C3=N\CC)[S+]1[O-]. The number of benzene rings is 1. The fourth-order valence-electron chi connectivity index (χ4n) is 4.38. The third-order valence-electron chi connectivity index (χ3n) is 5.95. The maximum atomic E-state index is 12.8. The number of nitrogens with zero attached hydrogens (tertiary/aromatic N) is 4. The molecule has 0 amide bonds. The van der Waals surface area contributed by atoms with Crippen molar-refractivity contribution in [2.45, 2.75) is 65.8 Å². The van der Waals surface area contributed by atoms with Crippen molar-refractivity contribution < 1.29 is 9.29 Å². The van der Waals surface area contributed by atoms with E-state index in [9.17, 15) is 4.55 Å². The number of hydrogen-bond donors (Lipinski definition) is 0. The van der Waals surface area contributed by atoms with Crippen LogP contribution < -0.4 is 4.74 Å². The summed E-state index contributed by atoms with van der Waals surface area (Å²) < 4.78 is 22.9. The van der Waals surface area contributed by atoms with E-state index in [0.717, 1.165) is 76.3 Å². The molecule has 1 aliphatic carbocycles. The summed E-state index contributed by atoms with van der Waals surface area (Å²) >= 11 is -1.06. The molecule has 0 aromatic heterocycles. The third kappa shape index (κ3) is 6.67. The molecule has 32 heavy (non-hydrogen) atoms. The van der Waals surface area contributed by atoms with Crippen LogP contribution in [0.4, 0.5) is 0 Å². The van der Waals surface area contributed by atoms with Crippen LogP contribution in [-0.4, -0.2) is 63.9 Å². The predicted octanol–water partition coefficient (Wildman–Crippen LogP) is 4.57. The van der Waals surface area contributed by atoms with Gasteiger partial charge in [-0.1, -0.05) is 0 Å². The molecule has 176 valence electrons. The van der Waals surface area contributed by atoms with E-state index < -0.39 is 11.5 Å². The molecule has 0 bridgehead atoms. The van der Waals surface area contributed by atoms with Gasteiger partial charge in [0.25, 0.3) is 0 Å². The molecule has 6 nitrogen and oxygen atoms in total. The van der Waals surface area contributed by atoms with E-state index in [0.29, 0.717) is 0 Å². The Hall–Kier alpha value is -1.67. The number of rotatable bonds is 11. The Labute approximate surface area is 196 Å². The van der Waals surface area contributed by atoms with Gasteiger partial charge in [0.1, 0.15) is 17.3 Å². The molecule has 0 N–H and O–H groups in total. The first-order valence-corrected chi connectivity index (χ1v) is 13.0. The zero-order valence-corrected chi connectivity index (χ0v) is 20.9. The van der Waals surface area contributed by atoms with E-state index in [2.05, 4.69) is 52.4 Å². The van der Waals surface area contributed by atoms with Crippen molar-refractivity contribution in [2.75, 3.05) is 32.8 Å². The number of unbranched alkanes of at least 4 members (excludes halogenated alkanes) is 2. The van der Waals surface area contributed by atoms with Gasteiger partial charge in [0.05, 0.1) is 25.7 Å². The molecule has 1 aromatic carbocycles. The Balaban J connectivity index is 1.34. The average Bonchev–Trinajstić information content (AvgIpc) is 3.34. The van der Waals surface area contributed by atoms with Gasteiger partial charge < -0.3 is 9.29 Å². The lowest BCUT2D eigenvalue weighted by Crippen LogP contribution is -2.38. The molecule has 0 radical (unpaired) electrons. The van der Waals surface area contributed by atoms with Crippen LogP contribution in [0.3, 0.4) is 0 Å². The Kier molecular flexibility index (Phi) is 9.78. The molecule has 1 fully saturated rings. The summed E-state index contributed by atoms with van der Waals surface area (Å²) in [7, 11) is 0. The van der Waals surface area contributed by atoms with Crippen LogP contribution in [0.5, 0.6) is 5.75 Å². The highest BCUT2D eigenvalue weighted by atomic mass is 32.2.